The van der Waals surface area contributed by atoms with E-state index < -0.39 is 18.0 Å². The zero-order chi connectivity index (χ0) is 16.1. The lowest BCUT2D eigenvalue weighted by atomic mass is 10.3. The highest BCUT2D eigenvalue weighted by molar-refractivity contribution is 7.09. The zero-order valence-corrected chi connectivity index (χ0v) is 13.7. The molecule has 5 nitrogen and oxygen atoms in total. The molecular weight excluding hydrogens is 324 g/mol. The SMILES string of the molecule is Cc1nc(CC(=O)OC(C)C(=O)Nc2ccccc2Cl)cs1. The largest absolute Gasteiger partial charge is 0.452 e. The van der Waals surface area contributed by atoms with Gasteiger partial charge < -0.3 is 10.1 Å². The summed E-state index contributed by atoms with van der Waals surface area (Å²) in [6.45, 7) is 3.37. The van der Waals surface area contributed by atoms with E-state index in [1.807, 2.05) is 6.92 Å². The fraction of sp³-hybridized carbons (Fsp3) is 0.267. The number of rotatable bonds is 5. The van der Waals surface area contributed by atoms with Gasteiger partial charge in [0, 0.05) is 5.38 Å². The summed E-state index contributed by atoms with van der Waals surface area (Å²) in [5.74, 6) is -0.928. The van der Waals surface area contributed by atoms with Crippen molar-refractivity contribution in [1.29, 1.82) is 0 Å². The molecule has 1 N–H and O–H groups in total. The molecule has 0 aliphatic heterocycles. The van der Waals surface area contributed by atoms with E-state index in [1.165, 1.54) is 18.3 Å². The third-order valence-corrected chi connectivity index (χ3v) is 3.95. The molecule has 22 heavy (non-hydrogen) atoms. The van der Waals surface area contributed by atoms with Crippen molar-refractivity contribution in [2.75, 3.05) is 5.32 Å². The quantitative estimate of drug-likeness (QED) is 0.850. The number of aryl methyl sites for hydroxylation is 1. The maximum atomic E-state index is 12.0. The first kappa shape index (κ1) is 16.5. The topological polar surface area (TPSA) is 68.3 Å². The number of hydrogen-bond acceptors (Lipinski definition) is 5. The third-order valence-electron chi connectivity index (χ3n) is 2.80. The number of anilines is 1. The summed E-state index contributed by atoms with van der Waals surface area (Å²) in [5.41, 5.74) is 1.12. The van der Waals surface area contributed by atoms with Crippen LogP contribution in [0.1, 0.15) is 17.6 Å². The summed E-state index contributed by atoms with van der Waals surface area (Å²) in [6.07, 6.45) is -0.864. The van der Waals surface area contributed by atoms with Crippen LogP contribution in [0.5, 0.6) is 0 Å². The Hall–Kier alpha value is -1.92. The predicted octanol–water partition coefficient (Wildman–Crippen LogP) is 3.22. The zero-order valence-electron chi connectivity index (χ0n) is 12.1. The second-order valence-electron chi connectivity index (χ2n) is 4.64. The minimum absolute atomic E-state index is 0.0497. The van der Waals surface area contributed by atoms with Crippen LogP contribution in [-0.4, -0.2) is 23.0 Å². The van der Waals surface area contributed by atoms with E-state index in [0.29, 0.717) is 16.4 Å². The van der Waals surface area contributed by atoms with Gasteiger partial charge in [0.25, 0.3) is 5.91 Å². The number of aromatic nitrogens is 1. The molecular formula is C15H15ClN2O3S. The van der Waals surface area contributed by atoms with Crippen LogP contribution in [0.4, 0.5) is 5.69 Å². The molecule has 0 aliphatic carbocycles. The molecule has 0 saturated carbocycles. The number of carbonyl (C=O) groups excluding carboxylic acids is 2. The average molecular weight is 339 g/mol. The summed E-state index contributed by atoms with van der Waals surface area (Å²) < 4.78 is 5.11. The Kier molecular flexibility index (Phi) is 5.51. The summed E-state index contributed by atoms with van der Waals surface area (Å²) in [5, 5.41) is 5.72. The van der Waals surface area contributed by atoms with Gasteiger partial charge in [0.05, 0.1) is 27.8 Å². The average Bonchev–Trinajstić information content (AvgIpc) is 2.86. The number of ether oxygens (including phenoxy) is 1. The standard InChI is InChI=1S/C15H15ClN2O3S/c1-9(15(20)18-13-6-4-3-5-12(13)16)21-14(19)7-11-8-22-10(2)17-11/h3-6,8-9H,7H2,1-2H3,(H,18,20). The van der Waals surface area contributed by atoms with Crippen molar-refractivity contribution in [3.05, 3.63) is 45.4 Å². The molecule has 1 amide bonds. The second kappa shape index (κ2) is 7.38. The monoisotopic (exact) mass is 338 g/mol. The smallest absolute Gasteiger partial charge is 0.312 e. The van der Waals surface area contributed by atoms with Crippen molar-refractivity contribution in [3.63, 3.8) is 0 Å². The molecule has 2 aromatic rings. The van der Waals surface area contributed by atoms with Gasteiger partial charge in [-0.15, -0.1) is 11.3 Å². The van der Waals surface area contributed by atoms with E-state index in [1.54, 1.807) is 29.6 Å². The Labute approximate surface area is 137 Å². The molecule has 1 heterocycles. The van der Waals surface area contributed by atoms with E-state index in [2.05, 4.69) is 10.3 Å². The number of nitrogens with one attached hydrogen (secondary N) is 1. The highest BCUT2D eigenvalue weighted by Crippen LogP contribution is 2.20. The number of thiazole rings is 1. The maximum Gasteiger partial charge on any atom is 0.312 e. The Balaban J connectivity index is 1.88. The number of hydrogen-bond donors (Lipinski definition) is 1. The minimum atomic E-state index is -0.913. The molecule has 1 aromatic heterocycles. The number of para-hydroxylation sites is 1. The van der Waals surface area contributed by atoms with Crippen LogP contribution in [0.25, 0.3) is 0 Å². The van der Waals surface area contributed by atoms with Gasteiger partial charge in [0.15, 0.2) is 6.10 Å². The lowest BCUT2D eigenvalue weighted by Crippen LogP contribution is -2.30. The van der Waals surface area contributed by atoms with Crippen LogP contribution in [0.3, 0.4) is 0 Å². The second-order valence-corrected chi connectivity index (χ2v) is 6.11. The highest BCUT2D eigenvalue weighted by Gasteiger charge is 2.19. The predicted molar refractivity (Wildman–Crippen MR) is 86.2 cm³/mol. The molecule has 0 fully saturated rings. The first-order chi connectivity index (χ1) is 10.5. The molecule has 1 aromatic carbocycles. The van der Waals surface area contributed by atoms with Crippen LogP contribution in [0.15, 0.2) is 29.6 Å². The van der Waals surface area contributed by atoms with Crippen molar-refractivity contribution in [2.24, 2.45) is 0 Å². The molecule has 1 atom stereocenters. The summed E-state index contributed by atoms with van der Waals surface area (Å²) >= 11 is 7.42. The lowest BCUT2D eigenvalue weighted by Gasteiger charge is -2.13. The number of halogens is 1. The Bertz CT molecular complexity index is 687. The normalized spacial score (nSPS) is 11.8. The van der Waals surface area contributed by atoms with E-state index >= 15 is 0 Å². The van der Waals surface area contributed by atoms with Crippen molar-refractivity contribution >= 4 is 40.5 Å². The molecule has 2 rings (SSSR count). The van der Waals surface area contributed by atoms with Crippen molar-refractivity contribution in [3.8, 4) is 0 Å². The summed E-state index contributed by atoms with van der Waals surface area (Å²) in [6, 6.07) is 6.85. The van der Waals surface area contributed by atoms with Gasteiger partial charge in [-0.25, -0.2) is 4.98 Å². The van der Waals surface area contributed by atoms with Gasteiger partial charge in [-0.2, -0.15) is 0 Å². The number of esters is 1. The van der Waals surface area contributed by atoms with Gasteiger partial charge >= 0.3 is 5.97 Å². The molecule has 1 unspecified atom stereocenters. The first-order valence-electron chi connectivity index (χ1n) is 6.61. The van der Waals surface area contributed by atoms with Gasteiger partial charge in [0.2, 0.25) is 0 Å². The fourth-order valence-corrected chi connectivity index (χ4v) is 2.52. The van der Waals surface area contributed by atoms with Crippen LogP contribution >= 0.6 is 22.9 Å². The van der Waals surface area contributed by atoms with Crippen LogP contribution in [0, 0.1) is 6.92 Å². The van der Waals surface area contributed by atoms with Gasteiger partial charge in [-0.05, 0) is 26.0 Å². The van der Waals surface area contributed by atoms with Crippen molar-refractivity contribution in [2.45, 2.75) is 26.4 Å². The maximum absolute atomic E-state index is 12.0. The summed E-state index contributed by atoms with van der Waals surface area (Å²) in [7, 11) is 0. The number of carbonyl (C=O) groups is 2. The van der Waals surface area contributed by atoms with Crippen molar-refractivity contribution < 1.29 is 14.3 Å². The third kappa shape index (κ3) is 4.54. The number of nitrogens with zero attached hydrogens (tertiary/aromatic N) is 1. The van der Waals surface area contributed by atoms with Gasteiger partial charge in [0.1, 0.15) is 0 Å². The van der Waals surface area contributed by atoms with Crippen LogP contribution < -0.4 is 5.32 Å². The van der Waals surface area contributed by atoms with Crippen LogP contribution in [0.2, 0.25) is 5.02 Å². The Morgan fingerprint density at radius 2 is 2.14 bits per heavy atom. The fourth-order valence-electron chi connectivity index (χ4n) is 1.73. The molecule has 0 spiro atoms. The van der Waals surface area contributed by atoms with Gasteiger partial charge in [-0.1, -0.05) is 23.7 Å². The lowest BCUT2D eigenvalue weighted by molar-refractivity contribution is -0.152. The van der Waals surface area contributed by atoms with E-state index in [-0.39, 0.29) is 6.42 Å². The molecule has 0 radical (unpaired) electrons. The molecule has 7 heteroatoms. The number of amides is 1. The molecule has 0 saturated heterocycles. The van der Waals surface area contributed by atoms with Crippen molar-refractivity contribution in [1.82, 2.24) is 4.98 Å². The summed E-state index contributed by atoms with van der Waals surface area (Å²) in [4.78, 5) is 28.0. The van der Waals surface area contributed by atoms with Crippen LogP contribution in [-0.2, 0) is 20.7 Å². The molecule has 0 aliphatic rings. The Morgan fingerprint density at radius 3 is 2.77 bits per heavy atom. The number of benzene rings is 1. The first-order valence-corrected chi connectivity index (χ1v) is 7.87. The Morgan fingerprint density at radius 1 is 1.41 bits per heavy atom. The van der Waals surface area contributed by atoms with E-state index in [4.69, 9.17) is 16.3 Å². The molecule has 116 valence electrons. The minimum Gasteiger partial charge on any atom is -0.452 e. The van der Waals surface area contributed by atoms with E-state index in [9.17, 15) is 9.59 Å². The highest BCUT2D eigenvalue weighted by atomic mass is 35.5. The van der Waals surface area contributed by atoms with Gasteiger partial charge in [-0.3, -0.25) is 9.59 Å². The van der Waals surface area contributed by atoms with E-state index in [0.717, 1.165) is 5.01 Å². The molecule has 0 bridgehead atoms.